The number of nitrogens with zero attached hydrogens (tertiary/aromatic N) is 2. The molecule has 1 aromatic heterocycles. The highest BCUT2D eigenvalue weighted by molar-refractivity contribution is 6.31. The Hall–Kier alpha value is -0.540. The number of aromatic nitrogens is 2. The smallest absolute Gasteiger partial charge is 0.0847 e. The van der Waals surface area contributed by atoms with Crippen molar-refractivity contribution in [1.82, 2.24) is 9.78 Å². The molecule has 0 aromatic carbocycles. The molecule has 19 heavy (non-hydrogen) atoms. The first kappa shape index (κ1) is 14.9. The van der Waals surface area contributed by atoms with Crippen LogP contribution in [0.25, 0.3) is 0 Å². The third-order valence-corrected chi connectivity index (χ3v) is 5.17. The van der Waals surface area contributed by atoms with Crippen molar-refractivity contribution in [1.29, 1.82) is 0 Å². The molecule has 1 aliphatic carbocycles. The van der Waals surface area contributed by atoms with Crippen LogP contribution in [0, 0.1) is 18.3 Å². The lowest BCUT2D eigenvalue weighted by atomic mass is 9.71. The summed E-state index contributed by atoms with van der Waals surface area (Å²) >= 11 is 6.30. The molecule has 0 spiro atoms. The fourth-order valence-electron chi connectivity index (χ4n) is 3.14. The Morgan fingerprint density at radius 1 is 1.42 bits per heavy atom. The van der Waals surface area contributed by atoms with E-state index in [9.17, 15) is 0 Å². The Balaban J connectivity index is 2.00. The van der Waals surface area contributed by atoms with Crippen molar-refractivity contribution < 1.29 is 0 Å². The van der Waals surface area contributed by atoms with E-state index in [1.165, 1.54) is 25.7 Å². The van der Waals surface area contributed by atoms with Gasteiger partial charge in [-0.05, 0) is 43.9 Å². The molecule has 2 rings (SSSR count). The van der Waals surface area contributed by atoms with Gasteiger partial charge in [0, 0.05) is 19.5 Å². The van der Waals surface area contributed by atoms with Crippen molar-refractivity contribution in [3.05, 3.63) is 16.4 Å². The summed E-state index contributed by atoms with van der Waals surface area (Å²) in [5, 5.41) is 5.15. The lowest BCUT2D eigenvalue weighted by Crippen LogP contribution is -2.37. The lowest BCUT2D eigenvalue weighted by Gasteiger charge is -2.36. The van der Waals surface area contributed by atoms with Crippen LogP contribution in [0.2, 0.25) is 5.02 Å². The number of hydrogen-bond acceptors (Lipinski definition) is 2. The summed E-state index contributed by atoms with van der Waals surface area (Å²) in [5.41, 5.74) is 8.89. The minimum absolute atomic E-state index is 0.198. The number of hydrogen-bond donors (Lipinski definition) is 1. The van der Waals surface area contributed by atoms with Crippen molar-refractivity contribution in [2.45, 2.75) is 58.9 Å². The van der Waals surface area contributed by atoms with E-state index in [2.05, 4.69) is 18.9 Å². The molecular weight excluding hydrogens is 258 g/mol. The van der Waals surface area contributed by atoms with Crippen LogP contribution in [0.1, 0.15) is 50.9 Å². The maximum atomic E-state index is 6.42. The minimum atomic E-state index is 0.198. The maximum absolute atomic E-state index is 6.42. The summed E-state index contributed by atoms with van der Waals surface area (Å²) in [7, 11) is 1.95. The van der Waals surface area contributed by atoms with Gasteiger partial charge in [-0.3, -0.25) is 4.68 Å². The van der Waals surface area contributed by atoms with Gasteiger partial charge in [0.1, 0.15) is 0 Å². The van der Waals surface area contributed by atoms with Crippen molar-refractivity contribution in [2.75, 3.05) is 0 Å². The first-order valence-corrected chi connectivity index (χ1v) is 7.61. The normalized spacial score (nSPS) is 21.6. The topological polar surface area (TPSA) is 43.8 Å². The molecule has 0 aliphatic heterocycles. The molecule has 0 radical (unpaired) electrons. The van der Waals surface area contributed by atoms with Gasteiger partial charge in [0.25, 0.3) is 0 Å². The van der Waals surface area contributed by atoms with E-state index in [0.717, 1.165) is 22.8 Å². The fourth-order valence-corrected chi connectivity index (χ4v) is 3.38. The van der Waals surface area contributed by atoms with Crippen LogP contribution in [0.3, 0.4) is 0 Å². The van der Waals surface area contributed by atoms with Gasteiger partial charge in [-0.1, -0.05) is 25.4 Å². The van der Waals surface area contributed by atoms with Gasteiger partial charge in [-0.25, -0.2) is 0 Å². The van der Waals surface area contributed by atoms with Crippen molar-refractivity contribution >= 4 is 11.6 Å². The summed E-state index contributed by atoms with van der Waals surface area (Å²) in [6.45, 7) is 6.66. The summed E-state index contributed by atoms with van der Waals surface area (Å²) in [5.74, 6) is 0.624. The molecular formula is C15H26ClN3. The van der Waals surface area contributed by atoms with Crippen LogP contribution in [-0.2, 0) is 13.5 Å². The lowest BCUT2D eigenvalue weighted by molar-refractivity contribution is 0.172. The van der Waals surface area contributed by atoms with E-state index in [4.69, 9.17) is 17.3 Å². The Labute approximate surface area is 121 Å². The van der Waals surface area contributed by atoms with E-state index in [0.29, 0.717) is 11.3 Å². The summed E-state index contributed by atoms with van der Waals surface area (Å²) in [4.78, 5) is 0. The fraction of sp³-hybridized carbons (Fsp3) is 0.800. The van der Waals surface area contributed by atoms with Crippen LogP contribution >= 0.6 is 11.6 Å². The molecule has 2 N–H and O–H groups in total. The van der Waals surface area contributed by atoms with E-state index < -0.39 is 0 Å². The van der Waals surface area contributed by atoms with Gasteiger partial charge in [0.2, 0.25) is 0 Å². The van der Waals surface area contributed by atoms with Crippen LogP contribution in [0.5, 0.6) is 0 Å². The third kappa shape index (κ3) is 3.32. The van der Waals surface area contributed by atoms with Crippen LogP contribution in [0.15, 0.2) is 0 Å². The van der Waals surface area contributed by atoms with Crippen molar-refractivity contribution in [3.63, 3.8) is 0 Å². The number of aryl methyl sites for hydroxylation is 2. The Bertz CT molecular complexity index is 440. The maximum Gasteiger partial charge on any atom is 0.0847 e. The number of halogens is 1. The Morgan fingerprint density at radius 2 is 2.00 bits per heavy atom. The van der Waals surface area contributed by atoms with Gasteiger partial charge in [-0.2, -0.15) is 5.10 Å². The first-order chi connectivity index (χ1) is 8.80. The minimum Gasteiger partial charge on any atom is -0.327 e. The zero-order valence-corrected chi connectivity index (χ0v) is 13.3. The van der Waals surface area contributed by atoms with Gasteiger partial charge in [0.15, 0.2) is 0 Å². The van der Waals surface area contributed by atoms with Crippen LogP contribution in [0.4, 0.5) is 0 Å². The molecule has 0 amide bonds. The quantitative estimate of drug-likeness (QED) is 0.923. The molecule has 1 atom stereocenters. The average molecular weight is 284 g/mol. The predicted molar refractivity (Wildman–Crippen MR) is 80.4 cm³/mol. The molecule has 1 aliphatic rings. The van der Waals surface area contributed by atoms with Gasteiger partial charge >= 0.3 is 0 Å². The van der Waals surface area contributed by atoms with E-state index >= 15 is 0 Å². The van der Waals surface area contributed by atoms with Gasteiger partial charge < -0.3 is 5.73 Å². The van der Waals surface area contributed by atoms with Crippen molar-refractivity contribution in [3.8, 4) is 0 Å². The SMILES string of the molecule is Cc1nn(C)c(CC(N)C2CCC(C)(C)CC2)c1Cl. The summed E-state index contributed by atoms with van der Waals surface area (Å²) in [6, 6.07) is 0.198. The largest absolute Gasteiger partial charge is 0.327 e. The highest BCUT2D eigenvalue weighted by Crippen LogP contribution is 2.39. The Kier molecular flexibility index (Phi) is 4.26. The zero-order valence-electron chi connectivity index (χ0n) is 12.5. The summed E-state index contributed by atoms with van der Waals surface area (Å²) in [6.07, 6.45) is 5.87. The second kappa shape index (κ2) is 5.45. The monoisotopic (exact) mass is 283 g/mol. The first-order valence-electron chi connectivity index (χ1n) is 7.24. The molecule has 4 heteroatoms. The summed E-state index contributed by atoms with van der Waals surface area (Å²) < 4.78 is 1.88. The molecule has 1 heterocycles. The van der Waals surface area contributed by atoms with Crippen LogP contribution in [-0.4, -0.2) is 15.8 Å². The molecule has 1 aromatic rings. The van der Waals surface area contributed by atoms with Crippen LogP contribution < -0.4 is 5.73 Å². The predicted octanol–water partition coefficient (Wildman–Crippen LogP) is 3.47. The van der Waals surface area contributed by atoms with Crippen molar-refractivity contribution in [2.24, 2.45) is 24.1 Å². The van der Waals surface area contributed by atoms with E-state index in [-0.39, 0.29) is 6.04 Å². The third-order valence-electron chi connectivity index (χ3n) is 4.68. The molecule has 1 unspecified atom stereocenters. The Morgan fingerprint density at radius 3 is 2.47 bits per heavy atom. The second-order valence-corrected chi connectivity index (χ2v) is 7.22. The average Bonchev–Trinajstić information content (AvgIpc) is 2.56. The molecule has 0 bridgehead atoms. The molecule has 3 nitrogen and oxygen atoms in total. The number of nitrogens with two attached hydrogens (primary N) is 1. The highest BCUT2D eigenvalue weighted by atomic mass is 35.5. The standard InChI is InChI=1S/C15H26ClN3/c1-10-14(16)13(19(4)18-10)9-12(17)11-5-7-15(2,3)8-6-11/h11-12H,5-9,17H2,1-4H3. The van der Waals surface area contributed by atoms with E-state index in [1.54, 1.807) is 0 Å². The molecule has 1 fully saturated rings. The van der Waals surface area contributed by atoms with Gasteiger partial charge in [-0.15, -0.1) is 0 Å². The molecule has 0 saturated heterocycles. The van der Waals surface area contributed by atoms with Gasteiger partial charge in [0.05, 0.1) is 16.4 Å². The van der Waals surface area contributed by atoms with E-state index in [1.807, 2.05) is 18.7 Å². The zero-order chi connectivity index (χ0) is 14.2. The second-order valence-electron chi connectivity index (χ2n) is 6.84. The molecule has 1 saturated carbocycles. The molecule has 108 valence electrons. The highest BCUT2D eigenvalue weighted by Gasteiger charge is 2.30. The number of rotatable bonds is 3.